The number of piperidine rings is 1. The Morgan fingerprint density at radius 2 is 0.826 bits per heavy atom. The highest BCUT2D eigenvalue weighted by molar-refractivity contribution is 5.88. The van der Waals surface area contributed by atoms with Gasteiger partial charge in [-0.3, -0.25) is 24.7 Å². The topological polar surface area (TPSA) is 135 Å². The second-order valence-electron chi connectivity index (χ2n) is 18.5. The van der Waals surface area contributed by atoms with Crippen LogP contribution in [0.3, 0.4) is 0 Å². The van der Waals surface area contributed by atoms with Crippen LogP contribution >= 0.6 is 0 Å². The third kappa shape index (κ3) is 43.2. The number of methoxy groups -OCH3 is 2. The third-order valence-electron chi connectivity index (χ3n) is 12.7. The number of hydrazine groups is 1. The van der Waals surface area contributed by atoms with Crippen LogP contribution in [-0.4, -0.2) is 306 Å². The van der Waals surface area contributed by atoms with Crippen molar-refractivity contribution in [1.82, 2.24) is 59.9 Å². The van der Waals surface area contributed by atoms with E-state index in [1.165, 1.54) is 111 Å². The SMILES string of the molecule is C=CC(=O)CC.CC(=O)NC1CCN(C)CC1.CC(=O)NN1CCN(C)CC1.CCN1CCN(C)CC1.CCN1CCN(CC)CC1.CCN1CCOCC1.CN1CCN(C)CC1.COCCOC. The number of allylic oxidation sites excluding steroid dienone is 1. The van der Waals surface area contributed by atoms with Crippen LogP contribution in [0, 0.1) is 0 Å². The summed E-state index contributed by atoms with van der Waals surface area (Å²) in [6.45, 7) is 48.5. The quantitative estimate of drug-likeness (QED) is 0.231. The van der Waals surface area contributed by atoms with E-state index in [-0.39, 0.29) is 17.6 Å². The van der Waals surface area contributed by atoms with Gasteiger partial charge in [-0.25, -0.2) is 5.01 Å². The summed E-state index contributed by atoms with van der Waals surface area (Å²) in [6.07, 6.45) is 4.09. The number of nitrogens with zero attached hydrogens (tertiary/aromatic N) is 10. The number of ketones is 1. The third-order valence-corrected chi connectivity index (χ3v) is 12.7. The fourth-order valence-corrected chi connectivity index (χ4v) is 7.30. The maximum Gasteiger partial charge on any atom is 0.231 e. The zero-order valence-electron chi connectivity index (χ0n) is 47.2. The summed E-state index contributed by atoms with van der Waals surface area (Å²) in [5.74, 6) is 0.226. The maximum atomic E-state index is 10.7. The molecule has 2 amide bonds. The summed E-state index contributed by atoms with van der Waals surface area (Å²) in [5, 5.41) is 4.90. The molecule has 6 heterocycles. The molecule has 6 aliphatic heterocycles. The van der Waals surface area contributed by atoms with Gasteiger partial charge in [-0.1, -0.05) is 41.2 Å². The van der Waals surface area contributed by atoms with Gasteiger partial charge >= 0.3 is 0 Å². The lowest BCUT2D eigenvalue weighted by Gasteiger charge is -2.33. The van der Waals surface area contributed by atoms with Crippen molar-refractivity contribution in [2.75, 3.05) is 233 Å². The first-order valence-corrected chi connectivity index (χ1v) is 26.3. The number of ether oxygens (including phenoxy) is 3. The fourth-order valence-electron chi connectivity index (χ4n) is 7.30. The Hall–Kier alpha value is -2.17. The number of nitrogens with one attached hydrogen (secondary N) is 2. The number of morpholine rings is 1. The van der Waals surface area contributed by atoms with Gasteiger partial charge in [0.1, 0.15) is 0 Å². The summed E-state index contributed by atoms with van der Waals surface area (Å²) in [5.41, 5.74) is 2.77. The summed E-state index contributed by atoms with van der Waals surface area (Å²) in [7, 11) is 14.0. The Kier molecular flexibility index (Phi) is 46.8. The van der Waals surface area contributed by atoms with Crippen LogP contribution in [0.15, 0.2) is 12.7 Å². The molecule has 0 aromatic carbocycles. The molecule has 18 nitrogen and oxygen atoms in total. The highest BCUT2D eigenvalue weighted by Crippen LogP contribution is 2.07. The number of carbonyl (C=O) groups is 3. The first kappa shape index (κ1) is 68.9. The standard InChI is InChI=1S/C8H16N2O.C8H18N2.C7H15N3O.C7H16N2.C6H14N2.C6H13NO.C5H8O.C4H10O2/c1-7(11)9-8-3-5-10(2)6-4-8;1-3-9-5-7-10(4-2)8-6-9;1-7(11)8-10-5-3-9(2)4-6-10;1-3-9-6-4-8(2)5-7-9;1-7-3-5-8(2)6-4-7;1-2-7-3-5-8-6-4-7;1-3-5(6)4-2;1-5-3-4-6-2/h8H,3-6H2,1-2H3,(H,9,11);3-8H2,1-2H3;3-6H2,1-2H3,(H,8,11);3-7H2,1-2H3;3-6H2,1-2H3;2-6H2,1H3;3H,1,4H2,2H3;3-4H2,1-2H3. The molecule has 6 aliphatic rings. The van der Waals surface area contributed by atoms with Crippen LogP contribution in [-0.2, 0) is 28.6 Å². The Balaban J connectivity index is 0. The van der Waals surface area contributed by atoms with E-state index in [1.807, 2.05) is 11.9 Å². The molecular formula is C51H110N12O6. The van der Waals surface area contributed by atoms with Crippen molar-refractivity contribution in [3.05, 3.63) is 12.7 Å². The second-order valence-corrected chi connectivity index (χ2v) is 18.5. The molecule has 2 N–H and O–H groups in total. The Bertz CT molecular complexity index is 1120. The van der Waals surface area contributed by atoms with Crippen molar-refractivity contribution >= 4 is 17.6 Å². The predicted octanol–water partition coefficient (Wildman–Crippen LogP) is 2.03. The van der Waals surface area contributed by atoms with Gasteiger partial charge in [0, 0.05) is 158 Å². The Labute approximate surface area is 424 Å². The van der Waals surface area contributed by atoms with Crippen molar-refractivity contribution in [2.24, 2.45) is 0 Å². The molecule has 0 atom stereocenters. The van der Waals surface area contributed by atoms with E-state index in [2.05, 4.69) is 134 Å². The van der Waals surface area contributed by atoms with E-state index in [0.29, 0.717) is 25.7 Å². The second kappa shape index (κ2) is 46.9. The highest BCUT2D eigenvalue weighted by Gasteiger charge is 2.17. The van der Waals surface area contributed by atoms with Crippen molar-refractivity contribution in [3.63, 3.8) is 0 Å². The summed E-state index contributed by atoms with van der Waals surface area (Å²) in [6, 6.07) is 0.420. The number of hydrogen-bond acceptors (Lipinski definition) is 16. The Morgan fingerprint density at radius 1 is 0.507 bits per heavy atom. The molecule has 6 rings (SSSR count). The minimum absolute atomic E-state index is 0.0227. The number of likely N-dealkylation sites (tertiary alicyclic amines) is 1. The minimum Gasteiger partial charge on any atom is -0.382 e. The molecule has 0 aromatic heterocycles. The van der Waals surface area contributed by atoms with Gasteiger partial charge in [0.25, 0.3) is 0 Å². The molecule has 18 heteroatoms. The van der Waals surface area contributed by atoms with Crippen molar-refractivity contribution in [3.8, 4) is 0 Å². The van der Waals surface area contributed by atoms with Gasteiger partial charge in [0.15, 0.2) is 5.78 Å². The Morgan fingerprint density at radius 3 is 1.10 bits per heavy atom. The number of carbonyl (C=O) groups excluding carboxylic acids is 3. The van der Waals surface area contributed by atoms with Crippen molar-refractivity contribution in [2.45, 2.75) is 73.8 Å². The highest BCUT2D eigenvalue weighted by atomic mass is 16.5. The van der Waals surface area contributed by atoms with Gasteiger partial charge in [-0.05, 0) is 93.4 Å². The fraction of sp³-hybridized carbons (Fsp3) is 0.902. The monoisotopic (exact) mass is 987 g/mol. The molecule has 0 radical (unpaired) electrons. The van der Waals surface area contributed by atoms with Crippen LogP contribution < -0.4 is 10.7 Å². The zero-order valence-corrected chi connectivity index (χ0v) is 47.2. The van der Waals surface area contributed by atoms with Crippen molar-refractivity contribution in [1.29, 1.82) is 0 Å². The number of rotatable bonds is 11. The van der Waals surface area contributed by atoms with E-state index in [1.54, 1.807) is 28.1 Å². The van der Waals surface area contributed by atoms with Crippen LogP contribution in [0.1, 0.15) is 67.7 Å². The van der Waals surface area contributed by atoms with Gasteiger partial charge in [-0.15, -0.1) is 0 Å². The molecule has 6 fully saturated rings. The maximum absolute atomic E-state index is 10.7. The van der Waals surface area contributed by atoms with E-state index in [9.17, 15) is 14.4 Å². The lowest BCUT2D eigenvalue weighted by molar-refractivity contribution is -0.124. The van der Waals surface area contributed by atoms with E-state index in [4.69, 9.17) is 4.74 Å². The molecule has 0 aliphatic carbocycles. The van der Waals surface area contributed by atoms with Crippen LogP contribution in [0.5, 0.6) is 0 Å². The van der Waals surface area contributed by atoms with Crippen molar-refractivity contribution < 1.29 is 28.6 Å². The summed E-state index contributed by atoms with van der Waals surface area (Å²) in [4.78, 5) is 52.9. The number of amides is 2. The summed E-state index contributed by atoms with van der Waals surface area (Å²) < 4.78 is 14.5. The molecule has 6 saturated heterocycles. The molecular weight excluding hydrogens is 877 g/mol. The average molecular weight is 988 g/mol. The smallest absolute Gasteiger partial charge is 0.231 e. The van der Waals surface area contributed by atoms with Crippen LogP contribution in [0.2, 0.25) is 0 Å². The average Bonchev–Trinajstić information content (AvgIpc) is 3.37. The number of hydrogen-bond donors (Lipinski definition) is 2. The first-order valence-electron chi connectivity index (χ1n) is 26.3. The predicted molar refractivity (Wildman–Crippen MR) is 288 cm³/mol. The largest absolute Gasteiger partial charge is 0.382 e. The first-order chi connectivity index (χ1) is 33.0. The van der Waals surface area contributed by atoms with E-state index >= 15 is 0 Å². The van der Waals surface area contributed by atoms with E-state index in [0.717, 1.165) is 78.4 Å². The molecule has 0 spiro atoms. The van der Waals surface area contributed by atoms with Gasteiger partial charge in [0.2, 0.25) is 11.8 Å². The molecule has 0 aromatic rings. The van der Waals surface area contributed by atoms with Gasteiger partial charge in [0.05, 0.1) is 26.4 Å². The lowest BCUT2D eigenvalue weighted by atomic mass is 10.1. The summed E-state index contributed by atoms with van der Waals surface area (Å²) >= 11 is 0. The van der Waals surface area contributed by atoms with Crippen LogP contribution in [0.4, 0.5) is 0 Å². The molecule has 69 heavy (non-hydrogen) atoms. The molecule has 410 valence electrons. The molecule has 0 saturated carbocycles. The molecule has 0 unspecified atom stereocenters. The zero-order chi connectivity index (χ0) is 52.2. The minimum atomic E-state index is 0.0227. The molecule has 0 bridgehead atoms. The van der Waals surface area contributed by atoms with E-state index < -0.39 is 0 Å². The van der Waals surface area contributed by atoms with Gasteiger partial charge < -0.3 is 58.7 Å². The lowest BCUT2D eigenvalue weighted by Crippen LogP contribution is -2.52. The number of piperazine rings is 4. The number of likely N-dealkylation sites (N-methyl/N-ethyl adjacent to an activating group) is 8. The van der Waals surface area contributed by atoms with Gasteiger partial charge in [-0.2, -0.15) is 0 Å². The van der Waals surface area contributed by atoms with Crippen LogP contribution in [0.25, 0.3) is 0 Å². The normalized spacial score (nSPS) is 20.7.